The fraction of sp³-hybridized carbons (Fsp3) is 0.929. The van der Waals surface area contributed by atoms with E-state index in [2.05, 4.69) is 4.90 Å². The fourth-order valence-electron chi connectivity index (χ4n) is 3.49. The van der Waals surface area contributed by atoms with E-state index in [4.69, 9.17) is 5.11 Å². The number of hydrogen-bond acceptors (Lipinski definition) is 2. The van der Waals surface area contributed by atoms with Crippen molar-refractivity contribution in [3.8, 4) is 0 Å². The van der Waals surface area contributed by atoms with Gasteiger partial charge in [-0.3, -0.25) is 9.69 Å². The Kier molecular flexibility index (Phi) is 4.84. The second-order valence-electron chi connectivity index (χ2n) is 5.77. The van der Waals surface area contributed by atoms with Gasteiger partial charge in [0.05, 0.1) is 6.54 Å². The summed E-state index contributed by atoms with van der Waals surface area (Å²) in [5.41, 5.74) is 0. The van der Waals surface area contributed by atoms with Gasteiger partial charge < -0.3 is 5.11 Å². The largest absolute Gasteiger partial charge is 0.480 e. The Bertz CT molecular complexity index is 243. The molecule has 0 bridgehead atoms. The molecule has 2 saturated carbocycles. The average Bonchev–Trinajstić information content (AvgIpc) is 2.82. The van der Waals surface area contributed by atoms with Crippen LogP contribution < -0.4 is 0 Å². The Labute approximate surface area is 104 Å². The molecule has 2 aliphatic carbocycles. The van der Waals surface area contributed by atoms with Crippen molar-refractivity contribution in [2.75, 3.05) is 13.1 Å². The molecule has 0 radical (unpaired) electrons. The molecule has 0 aromatic rings. The summed E-state index contributed by atoms with van der Waals surface area (Å²) in [7, 11) is 0. The van der Waals surface area contributed by atoms with E-state index in [1.54, 1.807) is 0 Å². The molecule has 0 atom stereocenters. The van der Waals surface area contributed by atoms with Crippen molar-refractivity contribution < 1.29 is 9.90 Å². The molecule has 0 aliphatic heterocycles. The first kappa shape index (κ1) is 12.9. The molecule has 98 valence electrons. The summed E-state index contributed by atoms with van der Waals surface area (Å²) in [5.74, 6) is 0.0939. The number of carbonyl (C=O) groups is 1. The molecule has 0 unspecified atom stereocenters. The zero-order chi connectivity index (χ0) is 12.1. The van der Waals surface area contributed by atoms with Gasteiger partial charge in [0.2, 0.25) is 0 Å². The van der Waals surface area contributed by atoms with Gasteiger partial charge in [-0.1, -0.05) is 32.1 Å². The molecule has 0 aromatic heterocycles. The lowest BCUT2D eigenvalue weighted by Crippen LogP contribution is -2.41. The van der Waals surface area contributed by atoms with Crippen molar-refractivity contribution in [3.05, 3.63) is 0 Å². The van der Waals surface area contributed by atoms with Crippen LogP contribution in [0.1, 0.15) is 57.8 Å². The van der Waals surface area contributed by atoms with E-state index >= 15 is 0 Å². The first-order chi connectivity index (χ1) is 8.25. The van der Waals surface area contributed by atoms with Crippen LogP contribution in [0, 0.1) is 5.92 Å². The van der Waals surface area contributed by atoms with E-state index in [0.29, 0.717) is 6.04 Å². The van der Waals surface area contributed by atoms with Crippen molar-refractivity contribution in [2.45, 2.75) is 63.8 Å². The Morgan fingerprint density at radius 1 is 1.00 bits per heavy atom. The zero-order valence-corrected chi connectivity index (χ0v) is 10.7. The van der Waals surface area contributed by atoms with Gasteiger partial charge in [-0.05, 0) is 31.6 Å². The first-order valence-corrected chi connectivity index (χ1v) is 7.21. The molecule has 1 N–H and O–H groups in total. The van der Waals surface area contributed by atoms with Crippen LogP contribution in [0.4, 0.5) is 0 Å². The van der Waals surface area contributed by atoms with Gasteiger partial charge >= 0.3 is 5.97 Å². The molecule has 0 saturated heterocycles. The number of nitrogens with zero attached hydrogens (tertiary/aromatic N) is 1. The molecular formula is C14H25NO2. The van der Waals surface area contributed by atoms with Crippen LogP contribution in [0.3, 0.4) is 0 Å². The number of hydrogen-bond donors (Lipinski definition) is 1. The molecule has 3 nitrogen and oxygen atoms in total. The Balaban J connectivity index is 1.86. The topological polar surface area (TPSA) is 40.5 Å². The van der Waals surface area contributed by atoms with Crippen LogP contribution in [-0.4, -0.2) is 35.1 Å². The summed E-state index contributed by atoms with van der Waals surface area (Å²) in [6.07, 6.45) is 11.7. The predicted molar refractivity (Wildman–Crippen MR) is 68.0 cm³/mol. The molecule has 0 amide bonds. The Hall–Kier alpha value is -0.570. The normalized spacial score (nSPS) is 23.4. The van der Waals surface area contributed by atoms with Gasteiger partial charge in [0.1, 0.15) is 0 Å². The molecule has 2 rings (SSSR count). The molecule has 17 heavy (non-hydrogen) atoms. The highest BCUT2D eigenvalue weighted by atomic mass is 16.4. The predicted octanol–water partition coefficient (Wildman–Crippen LogP) is 2.90. The number of carboxylic acid groups (broad SMARTS) is 1. The third kappa shape index (κ3) is 3.98. The summed E-state index contributed by atoms with van der Waals surface area (Å²) >= 11 is 0. The second-order valence-corrected chi connectivity index (χ2v) is 5.77. The van der Waals surface area contributed by atoms with Gasteiger partial charge in [0.25, 0.3) is 0 Å². The van der Waals surface area contributed by atoms with Gasteiger partial charge in [0.15, 0.2) is 0 Å². The lowest BCUT2D eigenvalue weighted by atomic mass is 9.88. The maximum absolute atomic E-state index is 11.0. The van der Waals surface area contributed by atoms with Crippen LogP contribution >= 0.6 is 0 Å². The van der Waals surface area contributed by atoms with Crippen LogP contribution in [0.5, 0.6) is 0 Å². The van der Waals surface area contributed by atoms with Crippen molar-refractivity contribution in [1.29, 1.82) is 0 Å². The molecule has 3 heteroatoms. The van der Waals surface area contributed by atoms with E-state index in [-0.39, 0.29) is 6.54 Å². The lowest BCUT2D eigenvalue weighted by Gasteiger charge is -2.32. The van der Waals surface area contributed by atoms with E-state index in [9.17, 15) is 4.79 Å². The molecule has 0 aromatic carbocycles. The third-order valence-electron chi connectivity index (χ3n) is 4.40. The van der Waals surface area contributed by atoms with Crippen LogP contribution in [-0.2, 0) is 4.79 Å². The van der Waals surface area contributed by atoms with E-state index in [1.807, 2.05) is 0 Å². The van der Waals surface area contributed by atoms with Crippen LogP contribution in [0.15, 0.2) is 0 Å². The first-order valence-electron chi connectivity index (χ1n) is 7.21. The van der Waals surface area contributed by atoms with E-state index < -0.39 is 5.97 Å². The number of aliphatic carboxylic acids is 1. The molecular weight excluding hydrogens is 214 g/mol. The van der Waals surface area contributed by atoms with Gasteiger partial charge in [-0.15, -0.1) is 0 Å². The van der Waals surface area contributed by atoms with Crippen LogP contribution in [0.25, 0.3) is 0 Å². The zero-order valence-electron chi connectivity index (χ0n) is 10.7. The minimum atomic E-state index is -0.660. The van der Waals surface area contributed by atoms with Gasteiger partial charge in [-0.25, -0.2) is 0 Å². The van der Waals surface area contributed by atoms with Gasteiger partial charge in [0, 0.05) is 12.6 Å². The fourth-order valence-corrected chi connectivity index (χ4v) is 3.49. The Morgan fingerprint density at radius 2 is 1.59 bits per heavy atom. The number of carboxylic acids is 1. The smallest absolute Gasteiger partial charge is 0.317 e. The molecule has 0 spiro atoms. The molecule has 2 fully saturated rings. The highest BCUT2D eigenvalue weighted by Crippen LogP contribution is 2.28. The number of rotatable bonds is 5. The second kappa shape index (κ2) is 6.39. The third-order valence-corrected chi connectivity index (χ3v) is 4.40. The van der Waals surface area contributed by atoms with E-state index in [1.165, 1.54) is 57.8 Å². The van der Waals surface area contributed by atoms with Crippen molar-refractivity contribution in [1.82, 2.24) is 4.90 Å². The standard InChI is InChI=1S/C14H25NO2/c16-14(17)11-15(13-8-4-5-9-13)10-12-6-2-1-3-7-12/h12-13H,1-11H2,(H,16,17). The lowest BCUT2D eigenvalue weighted by molar-refractivity contribution is -0.139. The SMILES string of the molecule is O=C(O)CN(CC1CCCCC1)C1CCCC1. The summed E-state index contributed by atoms with van der Waals surface area (Å²) in [5, 5.41) is 9.03. The molecule has 2 aliphatic rings. The van der Waals surface area contributed by atoms with Gasteiger partial charge in [-0.2, -0.15) is 0 Å². The maximum Gasteiger partial charge on any atom is 0.317 e. The minimum Gasteiger partial charge on any atom is -0.480 e. The monoisotopic (exact) mass is 239 g/mol. The highest BCUT2D eigenvalue weighted by molar-refractivity contribution is 5.69. The summed E-state index contributed by atoms with van der Waals surface area (Å²) < 4.78 is 0. The van der Waals surface area contributed by atoms with Crippen molar-refractivity contribution >= 4 is 5.97 Å². The van der Waals surface area contributed by atoms with Crippen molar-refractivity contribution in [3.63, 3.8) is 0 Å². The highest BCUT2D eigenvalue weighted by Gasteiger charge is 2.27. The molecule has 0 heterocycles. The summed E-state index contributed by atoms with van der Waals surface area (Å²) in [4.78, 5) is 13.2. The quantitative estimate of drug-likeness (QED) is 0.802. The van der Waals surface area contributed by atoms with E-state index in [0.717, 1.165) is 12.5 Å². The summed E-state index contributed by atoms with van der Waals surface area (Å²) in [6.45, 7) is 1.28. The maximum atomic E-state index is 11.0. The average molecular weight is 239 g/mol. The minimum absolute atomic E-state index is 0.251. The van der Waals surface area contributed by atoms with Crippen molar-refractivity contribution in [2.24, 2.45) is 5.92 Å². The Morgan fingerprint density at radius 3 is 2.18 bits per heavy atom. The van der Waals surface area contributed by atoms with Crippen LogP contribution in [0.2, 0.25) is 0 Å². The summed E-state index contributed by atoms with van der Waals surface area (Å²) in [6, 6.07) is 0.549.